The highest BCUT2D eigenvalue weighted by Crippen LogP contribution is 2.50. The van der Waals surface area contributed by atoms with Crippen LogP contribution >= 0.6 is 0 Å². The molecule has 29 heavy (non-hydrogen) atoms. The van der Waals surface area contributed by atoms with Crippen molar-refractivity contribution in [1.82, 2.24) is 0 Å². The minimum absolute atomic E-state index is 0.105. The molecule has 146 valence electrons. The van der Waals surface area contributed by atoms with Crippen LogP contribution in [0.3, 0.4) is 0 Å². The van der Waals surface area contributed by atoms with Crippen LogP contribution in [0.1, 0.15) is 37.0 Å². The topological polar surface area (TPSA) is 128 Å². The molecule has 4 N–H and O–H groups in total. The lowest BCUT2D eigenvalue weighted by Crippen LogP contribution is -2.22. The van der Waals surface area contributed by atoms with Gasteiger partial charge in [-0.15, -0.1) is 0 Å². The minimum Gasteiger partial charge on any atom is -0.512 e. The third-order valence-corrected chi connectivity index (χ3v) is 5.82. The molecule has 3 aromatic carbocycles. The summed E-state index contributed by atoms with van der Waals surface area (Å²) in [6, 6.07) is 5.64. The molecule has 0 bridgehead atoms. The maximum atomic E-state index is 12.9. The molecule has 1 aliphatic carbocycles. The van der Waals surface area contributed by atoms with E-state index in [0.717, 1.165) is 0 Å². The Morgan fingerprint density at radius 2 is 1.66 bits per heavy atom. The molecule has 0 saturated heterocycles. The Labute approximate surface area is 162 Å². The summed E-state index contributed by atoms with van der Waals surface area (Å²) in [5, 5.41) is 43.0. The van der Waals surface area contributed by atoms with Crippen molar-refractivity contribution in [2.24, 2.45) is 0 Å². The Morgan fingerprint density at radius 3 is 2.34 bits per heavy atom. The van der Waals surface area contributed by atoms with Crippen molar-refractivity contribution < 1.29 is 24.8 Å². The van der Waals surface area contributed by atoms with E-state index in [0.29, 0.717) is 10.9 Å². The van der Waals surface area contributed by atoms with Crippen LogP contribution in [-0.4, -0.2) is 20.4 Å². The van der Waals surface area contributed by atoms with E-state index >= 15 is 0 Å². The highest BCUT2D eigenvalue weighted by Gasteiger charge is 2.36. The third kappa shape index (κ3) is 2.00. The molecule has 0 spiro atoms. The van der Waals surface area contributed by atoms with Gasteiger partial charge in [0.25, 0.3) is 0 Å². The normalized spacial score (nSPS) is 19.4. The maximum absolute atomic E-state index is 12.9. The molecule has 2 atom stereocenters. The Morgan fingerprint density at radius 1 is 0.931 bits per heavy atom. The van der Waals surface area contributed by atoms with Crippen molar-refractivity contribution in [1.29, 1.82) is 0 Å². The molecule has 0 amide bonds. The second-order valence-electron chi connectivity index (χ2n) is 7.45. The molecule has 0 saturated carbocycles. The highest BCUT2D eigenvalue weighted by atomic mass is 16.3. The zero-order chi connectivity index (χ0) is 20.8. The Kier molecular flexibility index (Phi) is 3.31. The van der Waals surface area contributed by atoms with Gasteiger partial charge in [0, 0.05) is 33.9 Å². The van der Waals surface area contributed by atoms with Crippen molar-refractivity contribution >= 4 is 38.5 Å². The zero-order valence-electron chi connectivity index (χ0n) is 15.5. The van der Waals surface area contributed by atoms with Crippen molar-refractivity contribution in [3.8, 4) is 11.5 Å². The number of fused-ring (bicyclic) bond motifs is 2. The smallest absolute Gasteiger partial charge is 0.193 e. The quantitative estimate of drug-likeness (QED) is 0.267. The molecular formula is C22H16O7. The van der Waals surface area contributed by atoms with E-state index in [1.165, 1.54) is 25.1 Å². The van der Waals surface area contributed by atoms with Gasteiger partial charge in [0.15, 0.2) is 10.9 Å². The van der Waals surface area contributed by atoms with Crippen molar-refractivity contribution in [3.63, 3.8) is 0 Å². The summed E-state index contributed by atoms with van der Waals surface area (Å²) < 4.78 is 5.80. The summed E-state index contributed by atoms with van der Waals surface area (Å²) in [5.41, 5.74) is -0.0292. The first kappa shape index (κ1) is 17.5. The minimum atomic E-state index is -1.18. The third-order valence-electron chi connectivity index (χ3n) is 5.82. The number of phenols is 2. The maximum Gasteiger partial charge on any atom is 0.193 e. The van der Waals surface area contributed by atoms with E-state index < -0.39 is 28.9 Å². The first-order valence-electron chi connectivity index (χ1n) is 9.05. The van der Waals surface area contributed by atoms with Gasteiger partial charge in [-0.2, -0.15) is 0 Å². The van der Waals surface area contributed by atoms with Gasteiger partial charge < -0.3 is 24.8 Å². The molecule has 0 aliphatic heterocycles. The lowest BCUT2D eigenvalue weighted by molar-refractivity contribution is 0.152. The summed E-state index contributed by atoms with van der Waals surface area (Å²) in [4.78, 5) is 25.4. The number of phenolic OH excluding ortho intramolecular Hbond substituents is 2. The predicted molar refractivity (Wildman–Crippen MR) is 107 cm³/mol. The van der Waals surface area contributed by atoms with E-state index in [-0.39, 0.29) is 49.3 Å². The second-order valence-corrected chi connectivity index (χ2v) is 7.45. The van der Waals surface area contributed by atoms with Crippen molar-refractivity contribution in [2.75, 3.05) is 0 Å². The number of aliphatic hydroxyl groups excluding tert-OH is 2. The summed E-state index contributed by atoms with van der Waals surface area (Å²) in [6.45, 7) is 2.92. The fourth-order valence-corrected chi connectivity index (χ4v) is 4.57. The first-order chi connectivity index (χ1) is 13.7. The van der Waals surface area contributed by atoms with Gasteiger partial charge in [0.1, 0.15) is 28.4 Å². The Bertz CT molecular complexity index is 1560. The van der Waals surface area contributed by atoms with Gasteiger partial charge in [-0.05, 0) is 19.1 Å². The van der Waals surface area contributed by atoms with E-state index in [4.69, 9.17) is 4.42 Å². The van der Waals surface area contributed by atoms with Gasteiger partial charge in [-0.25, -0.2) is 0 Å². The summed E-state index contributed by atoms with van der Waals surface area (Å²) in [7, 11) is 0. The number of rotatable bonds is 0. The van der Waals surface area contributed by atoms with Crippen LogP contribution in [0.25, 0.3) is 38.5 Å². The van der Waals surface area contributed by atoms with E-state index in [1.54, 1.807) is 13.0 Å². The van der Waals surface area contributed by atoms with Crippen LogP contribution in [0.5, 0.6) is 11.5 Å². The van der Waals surface area contributed by atoms with E-state index in [9.17, 15) is 30.0 Å². The van der Waals surface area contributed by atoms with Crippen molar-refractivity contribution in [3.05, 3.63) is 61.1 Å². The monoisotopic (exact) mass is 392 g/mol. The lowest BCUT2D eigenvalue weighted by Gasteiger charge is -2.30. The summed E-state index contributed by atoms with van der Waals surface area (Å²) in [6.07, 6.45) is -1.18. The number of hydrogen-bond acceptors (Lipinski definition) is 7. The summed E-state index contributed by atoms with van der Waals surface area (Å²) >= 11 is 0. The fraction of sp³-hybridized carbons (Fsp3) is 0.182. The van der Waals surface area contributed by atoms with Gasteiger partial charge in [0.2, 0.25) is 0 Å². The molecule has 0 fully saturated rings. The average Bonchev–Trinajstić information content (AvgIpc) is 2.64. The standard InChI is InChI=1S/C22H16O7/c1-7-13-18-16(22(28)14(8(2)23)21(13)27)10(25)6-12-17(18)19(20(7)26)15-9(24)4-3-5-11(15)29-12/h3-7,20,23,26-28H,1-2H3. The largest absolute Gasteiger partial charge is 0.512 e. The molecule has 2 unspecified atom stereocenters. The highest BCUT2D eigenvalue weighted by molar-refractivity contribution is 6.16. The van der Waals surface area contributed by atoms with Crippen LogP contribution in [0.2, 0.25) is 0 Å². The molecule has 1 aliphatic rings. The molecule has 1 heterocycles. The van der Waals surface area contributed by atoms with Gasteiger partial charge >= 0.3 is 0 Å². The zero-order valence-corrected chi connectivity index (χ0v) is 15.5. The molecule has 7 nitrogen and oxygen atoms in total. The lowest BCUT2D eigenvalue weighted by atomic mass is 9.77. The summed E-state index contributed by atoms with van der Waals surface area (Å²) in [5.74, 6) is -2.07. The predicted octanol–water partition coefficient (Wildman–Crippen LogP) is 2.43. The van der Waals surface area contributed by atoms with E-state index in [1.807, 2.05) is 0 Å². The second kappa shape index (κ2) is 5.48. The van der Waals surface area contributed by atoms with Gasteiger partial charge in [0.05, 0.1) is 22.1 Å². The number of aliphatic hydroxyl groups is 2. The number of benzene rings is 3. The molecular weight excluding hydrogens is 376 g/mol. The SMILES string of the molecule is CC(O)=c1c(O)c2c3c(c1O)c(=O)cc1oc4cccc(=O)c4c(c13)C(O)C2C. The van der Waals surface area contributed by atoms with Crippen LogP contribution in [-0.2, 0) is 0 Å². The molecule has 4 aromatic rings. The number of aromatic hydroxyl groups is 2. The van der Waals surface area contributed by atoms with Gasteiger partial charge in [-0.1, -0.05) is 13.0 Å². The average molecular weight is 392 g/mol. The molecule has 1 aromatic heterocycles. The Balaban J connectivity index is 2.27. The number of hydrogen-bond donors (Lipinski definition) is 4. The van der Waals surface area contributed by atoms with Crippen molar-refractivity contribution in [2.45, 2.75) is 25.9 Å². The van der Waals surface area contributed by atoms with Gasteiger partial charge in [-0.3, -0.25) is 9.59 Å². The Hall–Kier alpha value is -3.58. The first-order valence-corrected chi connectivity index (χ1v) is 9.05. The van der Waals surface area contributed by atoms with Crippen LogP contribution in [0, 0.1) is 0 Å². The van der Waals surface area contributed by atoms with Crippen LogP contribution in [0.4, 0.5) is 0 Å². The van der Waals surface area contributed by atoms with E-state index in [2.05, 4.69) is 0 Å². The molecule has 0 radical (unpaired) electrons. The fourth-order valence-electron chi connectivity index (χ4n) is 4.57. The molecule has 7 heteroatoms. The van der Waals surface area contributed by atoms with Crippen LogP contribution < -0.4 is 16.1 Å². The van der Waals surface area contributed by atoms with Crippen LogP contribution in [0.15, 0.2) is 38.3 Å². The molecule has 5 rings (SSSR count).